The van der Waals surface area contributed by atoms with Gasteiger partial charge in [0.1, 0.15) is 5.75 Å². The summed E-state index contributed by atoms with van der Waals surface area (Å²) in [5.41, 5.74) is 5.14. The summed E-state index contributed by atoms with van der Waals surface area (Å²) in [6.07, 6.45) is -5.93. The first kappa shape index (κ1) is 31.9. The topological polar surface area (TPSA) is 110 Å². The molecule has 0 aliphatic carbocycles. The van der Waals surface area contributed by atoms with Crippen molar-refractivity contribution in [1.29, 1.82) is 0 Å². The number of ketones is 2. The molecule has 3 aromatic rings. The maximum absolute atomic E-state index is 13.2. The Morgan fingerprint density at radius 2 is 1.40 bits per heavy atom. The lowest BCUT2D eigenvalue weighted by Crippen LogP contribution is -2.32. The third-order valence-corrected chi connectivity index (χ3v) is 8.35. The average molecular weight is 617 g/mol. The number of rotatable bonds is 6. The molecule has 0 saturated heterocycles. The summed E-state index contributed by atoms with van der Waals surface area (Å²) in [7, 11) is -3.71. The maximum atomic E-state index is 13.2. The first-order valence-corrected chi connectivity index (χ1v) is 15.3. The summed E-state index contributed by atoms with van der Waals surface area (Å²) in [6, 6.07) is 14.1. The van der Waals surface area contributed by atoms with Crippen molar-refractivity contribution in [2.24, 2.45) is 0 Å². The highest BCUT2D eigenvalue weighted by Crippen LogP contribution is 2.32. The van der Waals surface area contributed by atoms with Gasteiger partial charge < -0.3 is 15.0 Å². The van der Waals surface area contributed by atoms with Crippen molar-refractivity contribution in [2.75, 3.05) is 6.26 Å². The number of halogens is 3. The van der Waals surface area contributed by atoms with Crippen LogP contribution in [0.1, 0.15) is 74.1 Å². The Kier molecular flexibility index (Phi) is 9.12. The molecule has 0 bridgehead atoms. The molecule has 1 N–H and O–H groups in total. The van der Waals surface area contributed by atoms with E-state index in [1.165, 1.54) is 23.0 Å². The van der Waals surface area contributed by atoms with E-state index in [0.29, 0.717) is 5.56 Å². The molecule has 1 atom stereocenters. The Bertz CT molecular complexity index is 1700. The predicted octanol–water partition coefficient (Wildman–Crippen LogP) is 5.27. The zero-order valence-electron chi connectivity index (χ0n) is 24.0. The minimum Gasteiger partial charge on any atom is -0.480 e. The summed E-state index contributed by atoms with van der Waals surface area (Å²) in [6.45, 7) is 5.96. The van der Waals surface area contributed by atoms with Crippen LogP contribution in [0.3, 0.4) is 0 Å². The molecule has 0 saturated carbocycles. The number of sulfone groups is 1. The van der Waals surface area contributed by atoms with Gasteiger partial charge in [0.05, 0.1) is 10.5 Å². The number of benzene rings is 3. The zero-order chi connectivity index (χ0) is 31.7. The third-order valence-electron chi connectivity index (χ3n) is 7.24. The van der Waals surface area contributed by atoms with Crippen molar-refractivity contribution >= 4 is 27.3 Å². The van der Waals surface area contributed by atoms with Crippen molar-refractivity contribution in [3.05, 3.63) is 93.5 Å². The second-order valence-electron chi connectivity index (χ2n) is 10.6. The number of nitrogens with one attached hydrogen (secondary N) is 1. The molecule has 0 aromatic heterocycles. The van der Waals surface area contributed by atoms with E-state index in [1.807, 2.05) is 18.2 Å². The third kappa shape index (κ3) is 7.49. The number of alkyl halides is 3. The summed E-state index contributed by atoms with van der Waals surface area (Å²) in [4.78, 5) is 36.9. The van der Waals surface area contributed by atoms with E-state index in [2.05, 4.69) is 5.32 Å². The maximum Gasteiger partial charge on any atom is 0.425 e. The summed E-state index contributed by atoms with van der Waals surface area (Å²) in [5.74, 6) is -1.02. The SMILES string of the molecule is CC(=O)c1ccc2c(c1)CN(C(=O)c1cc(S(C)(=O)=O)ccc1O[C@@H](C)C(F)(F)F)C2.CC(=O)c1ccc2c(c1)CNC2. The molecule has 0 radical (unpaired) electrons. The molecule has 1 amide bonds. The summed E-state index contributed by atoms with van der Waals surface area (Å²) in [5, 5.41) is 3.24. The van der Waals surface area contributed by atoms with Crippen molar-refractivity contribution in [3.8, 4) is 5.75 Å². The van der Waals surface area contributed by atoms with Crippen LogP contribution in [-0.4, -0.2) is 49.3 Å². The second kappa shape index (κ2) is 12.3. The van der Waals surface area contributed by atoms with Crippen LogP contribution < -0.4 is 10.1 Å². The molecule has 2 aliphatic heterocycles. The first-order valence-electron chi connectivity index (χ1n) is 13.4. The van der Waals surface area contributed by atoms with Crippen LogP contribution in [0.15, 0.2) is 59.5 Å². The molecular formula is C31H31F3N2O6S. The Balaban J connectivity index is 0.000000292. The molecule has 2 aliphatic rings. The molecule has 0 spiro atoms. The lowest BCUT2D eigenvalue weighted by molar-refractivity contribution is -0.189. The van der Waals surface area contributed by atoms with E-state index < -0.39 is 28.0 Å². The van der Waals surface area contributed by atoms with Crippen molar-refractivity contribution in [2.45, 2.75) is 64.1 Å². The number of carbonyl (C=O) groups excluding carboxylic acids is 3. The molecule has 228 valence electrons. The van der Waals surface area contributed by atoms with Gasteiger partial charge in [-0.3, -0.25) is 14.4 Å². The van der Waals surface area contributed by atoms with Crippen molar-refractivity contribution in [1.82, 2.24) is 10.2 Å². The predicted molar refractivity (Wildman–Crippen MR) is 153 cm³/mol. The van der Waals surface area contributed by atoms with Crippen LogP contribution >= 0.6 is 0 Å². The van der Waals surface area contributed by atoms with Gasteiger partial charge in [-0.25, -0.2) is 8.42 Å². The van der Waals surface area contributed by atoms with E-state index in [-0.39, 0.29) is 40.9 Å². The normalized spacial score (nSPS) is 14.7. The fraction of sp³-hybridized carbons (Fsp3) is 0.323. The van der Waals surface area contributed by atoms with Gasteiger partial charge in [0.25, 0.3) is 5.91 Å². The van der Waals surface area contributed by atoms with Crippen LogP contribution in [0.2, 0.25) is 0 Å². The van der Waals surface area contributed by atoms with E-state index in [4.69, 9.17) is 4.74 Å². The van der Waals surface area contributed by atoms with Crippen LogP contribution in [0.5, 0.6) is 5.75 Å². The number of hydrogen-bond donors (Lipinski definition) is 1. The molecule has 12 heteroatoms. The quantitative estimate of drug-likeness (QED) is 0.376. The molecule has 0 fully saturated rings. The number of ether oxygens (including phenoxy) is 1. The van der Waals surface area contributed by atoms with Gasteiger partial charge in [0.2, 0.25) is 0 Å². The number of nitrogens with zero attached hydrogens (tertiary/aromatic N) is 1. The molecular weight excluding hydrogens is 585 g/mol. The highest BCUT2D eigenvalue weighted by atomic mass is 32.2. The lowest BCUT2D eigenvalue weighted by atomic mass is 10.0. The Hall–Kier alpha value is -4.03. The Morgan fingerprint density at radius 3 is 1.98 bits per heavy atom. The lowest BCUT2D eigenvalue weighted by Gasteiger charge is -2.22. The standard InChI is InChI=1S/C21H20F3NO5S.C10H11NO/c1-12(26)14-4-5-15-10-25(11-16(15)8-14)20(27)18-9-17(31(3,28)29)6-7-19(18)30-13(2)21(22,23)24;1-7(12)8-2-3-9-5-11-6-10(9)4-8/h4-9,13H,10-11H2,1-3H3;2-4,11H,5-6H2,1H3/t13-;/m0./s1. The van der Waals surface area contributed by atoms with Gasteiger partial charge in [-0.2, -0.15) is 13.2 Å². The van der Waals surface area contributed by atoms with Crippen LogP contribution in [0.25, 0.3) is 0 Å². The van der Waals surface area contributed by atoms with Crippen LogP contribution in [-0.2, 0) is 36.0 Å². The average Bonchev–Trinajstić information content (AvgIpc) is 3.58. The Labute approximate surface area is 247 Å². The number of fused-ring (bicyclic) bond motifs is 2. The van der Waals surface area contributed by atoms with Crippen molar-refractivity contribution in [3.63, 3.8) is 0 Å². The monoisotopic (exact) mass is 616 g/mol. The van der Waals surface area contributed by atoms with E-state index >= 15 is 0 Å². The highest BCUT2D eigenvalue weighted by molar-refractivity contribution is 7.90. The molecule has 3 aromatic carbocycles. The smallest absolute Gasteiger partial charge is 0.425 e. The van der Waals surface area contributed by atoms with E-state index in [1.54, 1.807) is 25.1 Å². The van der Waals surface area contributed by atoms with Gasteiger partial charge in [-0.15, -0.1) is 0 Å². The van der Waals surface area contributed by atoms with Gasteiger partial charge in [0.15, 0.2) is 27.5 Å². The fourth-order valence-corrected chi connectivity index (χ4v) is 5.36. The number of amides is 1. The molecule has 0 unspecified atom stereocenters. The molecule has 8 nitrogen and oxygen atoms in total. The van der Waals surface area contributed by atoms with Gasteiger partial charge in [-0.05, 0) is 73.4 Å². The molecule has 43 heavy (non-hydrogen) atoms. The minimum atomic E-state index is -4.66. The van der Waals surface area contributed by atoms with E-state index in [9.17, 15) is 36.0 Å². The summed E-state index contributed by atoms with van der Waals surface area (Å²) < 4.78 is 67.7. The van der Waals surface area contributed by atoms with Crippen LogP contribution in [0, 0.1) is 0 Å². The number of Topliss-reactive ketones (excluding diaryl/α,β-unsaturated/α-hetero) is 2. The van der Waals surface area contributed by atoms with E-state index in [0.717, 1.165) is 61.2 Å². The fourth-order valence-electron chi connectivity index (χ4n) is 4.71. The number of hydrogen-bond acceptors (Lipinski definition) is 7. The largest absolute Gasteiger partial charge is 0.480 e. The Morgan fingerprint density at radius 1 is 0.837 bits per heavy atom. The zero-order valence-corrected chi connectivity index (χ0v) is 24.9. The number of carbonyl (C=O) groups is 3. The van der Waals surface area contributed by atoms with Crippen molar-refractivity contribution < 1.29 is 40.7 Å². The molecule has 2 heterocycles. The van der Waals surface area contributed by atoms with Gasteiger partial charge in [-0.1, -0.05) is 24.3 Å². The summed E-state index contributed by atoms with van der Waals surface area (Å²) >= 11 is 0. The van der Waals surface area contributed by atoms with Crippen LogP contribution in [0.4, 0.5) is 13.2 Å². The van der Waals surface area contributed by atoms with Gasteiger partial charge in [0, 0.05) is 43.6 Å². The first-order chi connectivity index (χ1) is 20.0. The minimum absolute atomic E-state index is 0.132. The second-order valence-corrected chi connectivity index (χ2v) is 12.6. The van der Waals surface area contributed by atoms with Gasteiger partial charge >= 0.3 is 6.18 Å². The highest BCUT2D eigenvalue weighted by Gasteiger charge is 2.39. The molecule has 5 rings (SSSR count).